The van der Waals surface area contributed by atoms with E-state index in [-0.39, 0.29) is 11.9 Å². The Morgan fingerprint density at radius 2 is 2.19 bits per heavy atom. The van der Waals surface area contributed by atoms with Crippen molar-refractivity contribution in [3.05, 3.63) is 42.4 Å². The quantitative estimate of drug-likeness (QED) is 0.687. The van der Waals surface area contributed by atoms with E-state index >= 15 is 0 Å². The fraction of sp³-hybridized carbons (Fsp3) is 0.400. The van der Waals surface area contributed by atoms with Crippen molar-refractivity contribution in [1.29, 1.82) is 0 Å². The lowest BCUT2D eigenvalue weighted by Crippen LogP contribution is -2.43. The third kappa shape index (κ3) is 4.20. The Morgan fingerprint density at radius 3 is 2.96 bits per heavy atom. The number of Topliss-reactive ketones (excluding diaryl/α,β-unsaturated/α-hetero) is 1. The van der Waals surface area contributed by atoms with E-state index in [2.05, 4.69) is 26.3 Å². The number of carbonyl (C=O) groups excluding carboxylic acids is 1. The zero-order chi connectivity index (χ0) is 18.8. The molecule has 7 nitrogen and oxygen atoms in total. The second-order valence-corrected chi connectivity index (χ2v) is 7.15. The van der Waals surface area contributed by atoms with Crippen molar-refractivity contribution in [2.45, 2.75) is 19.4 Å². The Balaban J connectivity index is 1.49. The molecular formula is C20H23N5O2. The molecule has 0 N–H and O–H groups in total. The van der Waals surface area contributed by atoms with Crippen LogP contribution < -0.4 is 0 Å². The number of aryl methyl sites for hydroxylation is 1. The fourth-order valence-electron chi connectivity index (χ4n) is 3.46. The monoisotopic (exact) mass is 365 g/mol. The van der Waals surface area contributed by atoms with Gasteiger partial charge in [0.2, 0.25) is 0 Å². The molecule has 2 aromatic heterocycles. The van der Waals surface area contributed by atoms with Crippen molar-refractivity contribution in [2.75, 3.05) is 26.2 Å². The highest BCUT2D eigenvalue weighted by molar-refractivity contribution is 5.88. The Hall–Kier alpha value is -2.64. The van der Waals surface area contributed by atoms with Crippen molar-refractivity contribution in [2.24, 2.45) is 7.05 Å². The minimum Gasteiger partial charge on any atom is -0.376 e. The molecule has 1 aromatic carbocycles. The lowest BCUT2D eigenvalue weighted by Gasteiger charge is -2.30. The number of pyridine rings is 1. The van der Waals surface area contributed by atoms with Crippen LogP contribution in [0.1, 0.15) is 12.6 Å². The average Bonchev–Trinajstić information content (AvgIpc) is 3.07. The minimum atomic E-state index is 0.182. The number of hydrogen-bond acceptors (Lipinski definition) is 6. The first-order valence-corrected chi connectivity index (χ1v) is 9.18. The molecule has 4 rings (SSSR count). The molecule has 3 heterocycles. The van der Waals surface area contributed by atoms with Crippen molar-refractivity contribution in [3.8, 4) is 11.3 Å². The number of nitrogens with zero attached hydrogens (tertiary/aromatic N) is 5. The maximum Gasteiger partial charge on any atom is 0.152 e. The lowest BCUT2D eigenvalue weighted by molar-refractivity contribution is -0.121. The summed E-state index contributed by atoms with van der Waals surface area (Å²) in [5.74, 6) is 0.182. The predicted octanol–water partition coefficient (Wildman–Crippen LogP) is 1.86. The molecule has 27 heavy (non-hydrogen) atoms. The van der Waals surface area contributed by atoms with Crippen LogP contribution in [0.25, 0.3) is 22.0 Å². The summed E-state index contributed by atoms with van der Waals surface area (Å²) in [7, 11) is 1.85. The third-order valence-corrected chi connectivity index (χ3v) is 4.78. The highest BCUT2D eigenvalue weighted by Crippen LogP contribution is 2.23. The molecule has 0 radical (unpaired) electrons. The SMILES string of the molecule is C[C@H]1CN(CC(=O)Cc2cc3cc(-c4cn(C)nn4)ccc3cn2)CCO1. The molecule has 1 saturated heterocycles. The summed E-state index contributed by atoms with van der Waals surface area (Å²) >= 11 is 0. The number of carbonyl (C=O) groups is 1. The number of morpholine rings is 1. The second-order valence-electron chi connectivity index (χ2n) is 7.15. The van der Waals surface area contributed by atoms with Crippen LogP contribution in [0.3, 0.4) is 0 Å². The van der Waals surface area contributed by atoms with E-state index in [4.69, 9.17) is 4.74 Å². The van der Waals surface area contributed by atoms with E-state index in [0.29, 0.717) is 19.6 Å². The summed E-state index contributed by atoms with van der Waals surface area (Å²) in [4.78, 5) is 19.1. The number of ketones is 1. The number of ether oxygens (including phenoxy) is 1. The van der Waals surface area contributed by atoms with E-state index < -0.39 is 0 Å². The smallest absolute Gasteiger partial charge is 0.152 e. The minimum absolute atomic E-state index is 0.182. The van der Waals surface area contributed by atoms with Gasteiger partial charge in [0.25, 0.3) is 0 Å². The average molecular weight is 365 g/mol. The summed E-state index contributed by atoms with van der Waals surface area (Å²) in [6.07, 6.45) is 4.24. The molecule has 1 aliphatic heterocycles. The molecule has 1 aliphatic rings. The zero-order valence-corrected chi connectivity index (χ0v) is 15.6. The molecule has 140 valence electrons. The fourth-order valence-corrected chi connectivity index (χ4v) is 3.46. The van der Waals surface area contributed by atoms with Gasteiger partial charge in [0.05, 0.1) is 31.9 Å². The van der Waals surface area contributed by atoms with Gasteiger partial charge in [0, 0.05) is 43.0 Å². The number of fused-ring (bicyclic) bond motifs is 1. The van der Waals surface area contributed by atoms with Crippen LogP contribution in [0.5, 0.6) is 0 Å². The molecule has 1 fully saturated rings. The summed E-state index contributed by atoms with van der Waals surface area (Å²) in [5.41, 5.74) is 2.63. The van der Waals surface area contributed by atoms with E-state index in [1.165, 1.54) is 0 Å². The highest BCUT2D eigenvalue weighted by Gasteiger charge is 2.19. The summed E-state index contributed by atoms with van der Waals surface area (Å²) < 4.78 is 7.21. The van der Waals surface area contributed by atoms with Gasteiger partial charge in [-0.3, -0.25) is 19.4 Å². The van der Waals surface area contributed by atoms with E-state index in [9.17, 15) is 4.79 Å². The number of aromatic nitrogens is 4. The number of benzene rings is 1. The molecule has 7 heteroatoms. The van der Waals surface area contributed by atoms with Gasteiger partial charge in [-0.2, -0.15) is 0 Å². The normalized spacial score (nSPS) is 18.1. The third-order valence-electron chi connectivity index (χ3n) is 4.78. The standard InChI is InChI=1S/C20H23N5O2/c1-14-11-25(5-6-27-14)12-19(26)9-18-8-17-7-15(3-4-16(17)10-21-18)20-13-24(2)23-22-20/h3-4,7-8,10,13-14H,5-6,9,11-12H2,1-2H3/t14-/m0/s1. The zero-order valence-electron chi connectivity index (χ0n) is 15.6. The van der Waals surface area contributed by atoms with Gasteiger partial charge in [-0.25, -0.2) is 0 Å². The van der Waals surface area contributed by atoms with Crippen molar-refractivity contribution in [3.63, 3.8) is 0 Å². The lowest BCUT2D eigenvalue weighted by atomic mass is 10.0. The molecule has 0 saturated carbocycles. The largest absolute Gasteiger partial charge is 0.376 e. The molecule has 0 spiro atoms. The first-order valence-electron chi connectivity index (χ1n) is 9.18. The van der Waals surface area contributed by atoms with E-state index in [0.717, 1.165) is 40.8 Å². The van der Waals surface area contributed by atoms with Crippen molar-refractivity contribution >= 4 is 16.6 Å². The van der Waals surface area contributed by atoms with Crippen LogP contribution in [0, 0.1) is 0 Å². The molecule has 1 atom stereocenters. The van der Waals surface area contributed by atoms with Crippen LogP contribution in [0.4, 0.5) is 0 Å². The molecule has 0 bridgehead atoms. The van der Waals surface area contributed by atoms with E-state index in [1.807, 2.05) is 44.6 Å². The van der Waals surface area contributed by atoms with E-state index in [1.54, 1.807) is 4.68 Å². The summed E-state index contributed by atoms with van der Waals surface area (Å²) in [6, 6.07) is 8.10. The van der Waals surface area contributed by atoms with Gasteiger partial charge >= 0.3 is 0 Å². The van der Waals surface area contributed by atoms with Gasteiger partial charge in [-0.15, -0.1) is 5.10 Å². The first-order chi connectivity index (χ1) is 13.1. The Morgan fingerprint density at radius 1 is 1.30 bits per heavy atom. The maximum atomic E-state index is 12.5. The van der Waals surface area contributed by atoms with Crippen LogP contribution in [0.15, 0.2) is 36.7 Å². The maximum absolute atomic E-state index is 12.5. The van der Waals surface area contributed by atoms with Gasteiger partial charge in [-0.05, 0) is 24.4 Å². The molecule has 3 aromatic rings. The van der Waals surface area contributed by atoms with Crippen LogP contribution in [-0.4, -0.2) is 63.0 Å². The molecule has 0 unspecified atom stereocenters. The number of rotatable bonds is 5. The van der Waals surface area contributed by atoms with Gasteiger partial charge in [0.1, 0.15) is 5.69 Å². The Labute approximate surface area is 157 Å². The first kappa shape index (κ1) is 17.8. The topological polar surface area (TPSA) is 73.1 Å². The van der Waals surface area contributed by atoms with Gasteiger partial charge in [0.15, 0.2) is 5.78 Å². The Kier molecular flexibility index (Phi) is 4.96. The summed E-state index contributed by atoms with van der Waals surface area (Å²) in [6.45, 7) is 4.79. The van der Waals surface area contributed by atoms with Crippen molar-refractivity contribution in [1.82, 2.24) is 24.9 Å². The molecule has 0 aliphatic carbocycles. The second kappa shape index (κ2) is 7.54. The van der Waals surface area contributed by atoms with Gasteiger partial charge < -0.3 is 4.74 Å². The van der Waals surface area contributed by atoms with Crippen LogP contribution in [0.2, 0.25) is 0 Å². The molecule has 0 amide bonds. The van der Waals surface area contributed by atoms with Crippen LogP contribution in [-0.2, 0) is 23.0 Å². The predicted molar refractivity (Wildman–Crippen MR) is 102 cm³/mol. The Bertz CT molecular complexity index is 968. The highest BCUT2D eigenvalue weighted by atomic mass is 16.5. The molecular weight excluding hydrogens is 342 g/mol. The number of hydrogen-bond donors (Lipinski definition) is 0. The van der Waals surface area contributed by atoms with Crippen molar-refractivity contribution < 1.29 is 9.53 Å². The summed E-state index contributed by atoms with van der Waals surface area (Å²) in [5, 5.41) is 10.2. The van der Waals surface area contributed by atoms with Gasteiger partial charge in [-0.1, -0.05) is 17.3 Å². The van der Waals surface area contributed by atoms with Crippen LogP contribution >= 0.6 is 0 Å².